The van der Waals surface area contributed by atoms with Crippen LogP contribution in [-0.2, 0) is 4.79 Å². The van der Waals surface area contributed by atoms with Gasteiger partial charge in [0.25, 0.3) is 0 Å². The molecule has 24 heavy (non-hydrogen) atoms. The molecule has 0 spiro atoms. The summed E-state index contributed by atoms with van der Waals surface area (Å²) in [5, 5.41) is 21.1. The van der Waals surface area contributed by atoms with Crippen molar-refractivity contribution in [2.24, 2.45) is 23.7 Å². The molecule has 0 heterocycles. The van der Waals surface area contributed by atoms with Crippen LogP contribution in [0.25, 0.3) is 0 Å². The minimum Gasteiger partial charge on any atom is -0.507 e. The van der Waals surface area contributed by atoms with Crippen molar-refractivity contribution >= 4 is 17.3 Å². The Morgan fingerprint density at radius 3 is 2.67 bits per heavy atom. The van der Waals surface area contributed by atoms with Gasteiger partial charge in [0.2, 0.25) is 0 Å². The zero-order chi connectivity index (χ0) is 17.2. The van der Waals surface area contributed by atoms with Crippen LogP contribution in [0.3, 0.4) is 0 Å². The molecule has 0 bridgehead atoms. The fourth-order valence-corrected chi connectivity index (χ4v) is 5.18. The van der Waals surface area contributed by atoms with Crippen molar-refractivity contribution in [3.05, 3.63) is 29.3 Å². The van der Waals surface area contributed by atoms with Gasteiger partial charge in [0.1, 0.15) is 11.5 Å². The van der Waals surface area contributed by atoms with Crippen molar-refractivity contribution in [1.29, 1.82) is 0 Å². The molecule has 2 saturated carbocycles. The van der Waals surface area contributed by atoms with E-state index in [1.807, 2.05) is 6.92 Å². The highest BCUT2D eigenvalue weighted by Gasteiger charge is 2.60. The van der Waals surface area contributed by atoms with E-state index in [2.05, 4.69) is 0 Å². The van der Waals surface area contributed by atoms with Crippen LogP contribution in [0, 0.1) is 23.7 Å². The van der Waals surface area contributed by atoms with E-state index in [4.69, 9.17) is 0 Å². The molecule has 126 valence electrons. The average molecular weight is 328 g/mol. The maximum absolute atomic E-state index is 13.0. The van der Waals surface area contributed by atoms with Gasteiger partial charge < -0.3 is 10.2 Å². The zero-order valence-electron chi connectivity index (χ0n) is 13.5. The van der Waals surface area contributed by atoms with Crippen molar-refractivity contribution < 1.29 is 24.6 Å². The Balaban J connectivity index is 1.85. The molecule has 5 heteroatoms. The summed E-state index contributed by atoms with van der Waals surface area (Å²) in [6, 6.07) is 4.45. The Bertz CT molecular complexity index is 767. The molecule has 0 aliphatic heterocycles. The molecule has 1 aromatic carbocycles. The number of Topliss-reactive ketones (excluding diaryl/α,β-unsaturated/α-hetero) is 3. The van der Waals surface area contributed by atoms with Crippen molar-refractivity contribution in [2.75, 3.05) is 0 Å². The number of phenolic OH excluding ortho intramolecular Hbond substituents is 1. The molecule has 5 nitrogen and oxygen atoms in total. The number of hydrogen-bond acceptors (Lipinski definition) is 5. The van der Waals surface area contributed by atoms with E-state index in [1.54, 1.807) is 0 Å². The zero-order valence-corrected chi connectivity index (χ0v) is 13.5. The highest BCUT2D eigenvalue weighted by molar-refractivity contribution is 6.18. The molecule has 4 rings (SSSR count). The third kappa shape index (κ3) is 1.94. The van der Waals surface area contributed by atoms with Crippen LogP contribution in [0.15, 0.2) is 18.2 Å². The van der Waals surface area contributed by atoms with Crippen molar-refractivity contribution in [2.45, 2.75) is 38.2 Å². The lowest BCUT2D eigenvalue weighted by molar-refractivity contribution is -0.154. The van der Waals surface area contributed by atoms with E-state index >= 15 is 0 Å². The third-order valence-electron chi connectivity index (χ3n) is 6.05. The van der Waals surface area contributed by atoms with E-state index in [9.17, 15) is 24.6 Å². The van der Waals surface area contributed by atoms with Gasteiger partial charge in [-0.25, -0.2) is 0 Å². The second-order valence-corrected chi connectivity index (χ2v) is 7.66. The van der Waals surface area contributed by atoms with Crippen LogP contribution in [0.5, 0.6) is 5.75 Å². The van der Waals surface area contributed by atoms with Crippen LogP contribution in [-0.4, -0.2) is 33.2 Å². The summed E-state index contributed by atoms with van der Waals surface area (Å²) in [7, 11) is 0. The maximum Gasteiger partial charge on any atom is 0.171 e. The molecule has 0 aromatic heterocycles. The van der Waals surface area contributed by atoms with Crippen LogP contribution in [0.2, 0.25) is 0 Å². The summed E-state index contributed by atoms with van der Waals surface area (Å²) in [5.41, 5.74) is -0.942. The second-order valence-electron chi connectivity index (χ2n) is 7.66. The standard InChI is InChI=1S/C19H20O5/c1-9-7-13(21)16-15-11(5-6-19(16,24)8-9)17(22)14-10(18(15)23)3-2-4-12(14)20/h2-4,9,11,15-16,20,24H,5-8H2,1H3. The number of fused-ring (bicyclic) bond motifs is 4. The SMILES string of the molecule is CC1CC(=O)C2C3C(=O)c4cccc(O)c4C(=O)C3CCC2(O)C1. The molecular formula is C19H20O5. The number of hydrogen-bond donors (Lipinski definition) is 2. The largest absolute Gasteiger partial charge is 0.507 e. The lowest BCUT2D eigenvalue weighted by atomic mass is 9.53. The molecule has 5 atom stereocenters. The van der Waals surface area contributed by atoms with Gasteiger partial charge in [-0.3, -0.25) is 14.4 Å². The predicted molar refractivity (Wildman–Crippen MR) is 84.8 cm³/mol. The third-order valence-corrected chi connectivity index (χ3v) is 6.05. The lowest BCUT2D eigenvalue weighted by Gasteiger charge is -2.51. The quantitative estimate of drug-likeness (QED) is 0.761. The number of aliphatic hydroxyl groups is 1. The van der Waals surface area contributed by atoms with Gasteiger partial charge in [0.15, 0.2) is 11.6 Å². The highest BCUT2D eigenvalue weighted by Crippen LogP contribution is 2.53. The van der Waals surface area contributed by atoms with Crippen molar-refractivity contribution in [3.8, 4) is 5.75 Å². The van der Waals surface area contributed by atoms with Gasteiger partial charge in [0, 0.05) is 23.8 Å². The topological polar surface area (TPSA) is 91.7 Å². The summed E-state index contributed by atoms with van der Waals surface area (Å²) in [4.78, 5) is 38.6. The van der Waals surface area contributed by atoms with Crippen LogP contribution in [0.4, 0.5) is 0 Å². The monoisotopic (exact) mass is 328 g/mol. The molecule has 2 N–H and O–H groups in total. The van der Waals surface area contributed by atoms with Gasteiger partial charge >= 0.3 is 0 Å². The first kappa shape index (κ1) is 15.5. The minimum atomic E-state index is -1.19. The molecule has 3 aliphatic carbocycles. The first-order valence-electron chi connectivity index (χ1n) is 8.49. The number of rotatable bonds is 0. The Hall–Kier alpha value is -2.01. The first-order chi connectivity index (χ1) is 11.3. The Labute approximate surface area is 139 Å². The van der Waals surface area contributed by atoms with Gasteiger partial charge in [-0.05, 0) is 31.2 Å². The Kier molecular flexibility index (Phi) is 3.23. The Morgan fingerprint density at radius 1 is 1.17 bits per heavy atom. The highest BCUT2D eigenvalue weighted by atomic mass is 16.3. The number of carbonyl (C=O) groups is 3. The van der Waals surface area contributed by atoms with E-state index < -0.39 is 23.4 Å². The summed E-state index contributed by atoms with van der Waals surface area (Å²) >= 11 is 0. The number of ketones is 3. The number of benzene rings is 1. The van der Waals surface area contributed by atoms with Crippen LogP contribution >= 0.6 is 0 Å². The van der Waals surface area contributed by atoms with E-state index in [-0.39, 0.29) is 40.1 Å². The number of aromatic hydroxyl groups is 1. The predicted octanol–water partition coefficient (Wildman–Crippen LogP) is 2.14. The molecule has 5 unspecified atom stereocenters. The van der Waals surface area contributed by atoms with E-state index in [1.165, 1.54) is 18.2 Å². The fourth-order valence-electron chi connectivity index (χ4n) is 5.18. The Morgan fingerprint density at radius 2 is 1.92 bits per heavy atom. The smallest absolute Gasteiger partial charge is 0.171 e. The van der Waals surface area contributed by atoms with Gasteiger partial charge in [-0.2, -0.15) is 0 Å². The van der Waals surface area contributed by atoms with E-state index in [0.29, 0.717) is 25.7 Å². The van der Waals surface area contributed by atoms with Crippen molar-refractivity contribution in [3.63, 3.8) is 0 Å². The lowest BCUT2D eigenvalue weighted by Crippen LogP contribution is -2.59. The molecule has 0 radical (unpaired) electrons. The van der Waals surface area contributed by atoms with Gasteiger partial charge in [0.05, 0.1) is 17.1 Å². The summed E-state index contributed by atoms with van der Waals surface area (Å²) in [6.07, 6.45) is 1.54. The summed E-state index contributed by atoms with van der Waals surface area (Å²) in [5.74, 6) is -3.02. The fraction of sp³-hybridized carbons (Fsp3) is 0.526. The normalized spacial score (nSPS) is 38.3. The van der Waals surface area contributed by atoms with E-state index in [0.717, 1.165) is 0 Å². The maximum atomic E-state index is 13.0. The first-order valence-corrected chi connectivity index (χ1v) is 8.49. The molecule has 2 fully saturated rings. The molecule has 3 aliphatic rings. The number of carbonyl (C=O) groups excluding carboxylic acids is 3. The molecular weight excluding hydrogens is 308 g/mol. The summed E-state index contributed by atoms with van der Waals surface area (Å²) in [6.45, 7) is 1.93. The molecule has 0 amide bonds. The minimum absolute atomic E-state index is 0.0748. The second kappa shape index (κ2) is 4.99. The van der Waals surface area contributed by atoms with Gasteiger partial charge in [-0.15, -0.1) is 0 Å². The van der Waals surface area contributed by atoms with Crippen molar-refractivity contribution in [1.82, 2.24) is 0 Å². The average Bonchev–Trinajstić information content (AvgIpc) is 2.50. The summed E-state index contributed by atoms with van der Waals surface area (Å²) < 4.78 is 0. The van der Waals surface area contributed by atoms with Gasteiger partial charge in [-0.1, -0.05) is 19.1 Å². The number of phenols is 1. The molecule has 1 aromatic rings. The molecule has 0 saturated heterocycles. The van der Waals surface area contributed by atoms with Crippen LogP contribution in [0.1, 0.15) is 53.3 Å². The van der Waals surface area contributed by atoms with Crippen LogP contribution < -0.4 is 0 Å².